The molecule has 0 saturated heterocycles. The van der Waals surface area contributed by atoms with Crippen LogP contribution < -0.4 is 11.1 Å². The summed E-state index contributed by atoms with van der Waals surface area (Å²) in [6.07, 6.45) is 2.82. The highest BCUT2D eigenvalue weighted by molar-refractivity contribution is 7.89. The molecule has 3 N–H and O–H groups in total. The first-order valence-corrected chi connectivity index (χ1v) is 10.4. The van der Waals surface area contributed by atoms with Crippen molar-refractivity contribution in [2.45, 2.75) is 44.9 Å². The predicted molar refractivity (Wildman–Crippen MR) is 107 cm³/mol. The summed E-state index contributed by atoms with van der Waals surface area (Å²) in [5, 5.41) is 2.89. The van der Waals surface area contributed by atoms with E-state index in [9.17, 15) is 13.2 Å². The molecule has 1 aromatic rings. The van der Waals surface area contributed by atoms with E-state index >= 15 is 0 Å². The molecule has 0 radical (unpaired) electrons. The highest BCUT2D eigenvalue weighted by Gasteiger charge is 2.32. The second-order valence-corrected chi connectivity index (χ2v) is 8.50. The number of nitrogens with one attached hydrogen (secondary N) is 1. The summed E-state index contributed by atoms with van der Waals surface area (Å²) >= 11 is 0. The smallest absolute Gasteiger partial charge is 0.243 e. The zero-order chi connectivity index (χ0) is 18.6. The fraction of sp³-hybridized carbons (Fsp3) is 0.611. The quantitative estimate of drug-likeness (QED) is 0.732. The average molecular weight is 404 g/mol. The molecule has 1 aromatic carbocycles. The maximum absolute atomic E-state index is 12.8. The van der Waals surface area contributed by atoms with Gasteiger partial charge in [-0.25, -0.2) is 8.42 Å². The molecule has 0 aliphatic heterocycles. The van der Waals surface area contributed by atoms with E-state index in [1.165, 1.54) is 4.31 Å². The van der Waals surface area contributed by atoms with Gasteiger partial charge in [0.2, 0.25) is 15.9 Å². The average Bonchev–Trinajstić information content (AvgIpc) is 3.06. The SMILES string of the molecule is CCN(CC)S(=O)(=O)c1cc(NC(=O)[C@@H]2CCC[C@@H]2CN)ccc1C.Cl. The largest absolute Gasteiger partial charge is 0.330 e. The third-order valence-corrected chi connectivity index (χ3v) is 7.27. The Balaban J connectivity index is 0.00000338. The van der Waals surface area contributed by atoms with Crippen molar-refractivity contribution < 1.29 is 13.2 Å². The second kappa shape index (κ2) is 9.69. The molecule has 1 fully saturated rings. The van der Waals surface area contributed by atoms with Gasteiger partial charge in [-0.15, -0.1) is 12.4 Å². The summed E-state index contributed by atoms with van der Waals surface area (Å²) in [7, 11) is -3.56. The summed E-state index contributed by atoms with van der Waals surface area (Å²) in [4.78, 5) is 12.8. The van der Waals surface area contributed by atoms with E-state index in [1.54, 1.807) is 25.1 Å². The third kappa shape index (κ3) is 4.76. The van der Waals surface area contributed by atoms with Crippen LogP contribution in [0.15, 0.2) is 23.1 Å². The fourth-order valence-electron chi connectivity index (χ4n) is 3.56. The molecule has 8 heteroatoms. The van der Waals surface area contributed by atoms with Crippen LogP contribution in [0, 0.1) is 18.8 Å². The number of sulfonamides is 1. The van der Waals surface area contributed by atoms with E-state index in [2.05, 4.69) is 5.32 Å². The molecule has 1 aliphatic carbocycles. The van der Waals surface area contributed by atoms with Crippen molar-refractivity contribution in [3.8, 4) is 0 Å². The molecule has 26 heavy (non-hydrogen) atoms. The van der Waals surface area contributed by atoms with E-state index in [1.807, 2.05) is 13.8 Å². The van der Waals surface area contributed by atoms with Gasteiger partial charge in [-0.3, -0.25) is 4.79 Å². The Kier molecular flexibility index (Phi) is 8.53. The lowest BCUT2D eigenvalue weighted by Crippen LogP contribution is -2.31. The van der Waals surface area contributed by atoms with E-state index in [0.29, 0.717) is 30.9 Å². The van der Waals surface area contributed by atoms with Crippen molar-refractivity contribution in [2.75, 3.05) is 25.0 Å². The van der Waals surface area contributed by atoms with Crippen molar-refractivity contribution in [1.29, 1.82) is 0 Å². The van der Waals surface area contributed by atoms with E-state index in [-0.39, 0.29) is 35.0 Å². The van der Waals surface area contributed by atoms with Gasteiger partial charge in [-0.1, -0.05) is 26.3 Å². The number of nitrogens with two attached hydrogens (primary N) is 1. The summed E-state index contributed by atoms with van der Waals surface area (Å²) in [5.41, 5.74) is 6.94. The fourth-order valence-corrected chi connectivity index (χ4v) is 5.27. The van der Waals surface area contributed by atoms with E-state index < -0.39 is 10.0 Å². The van der Waals surface area contributed by atoms with Crippen LogP contribution in [0.1, 0.15) is 38.7 Å². The molecule has 0 bridgehead atoms. The summed E-state index contributed by atoms with van der Waals surface area (Å²) in [6.45, 7) is 6.73. The van der Waals surface area contributed by atoms with Gasteiger partial charge in [0, 0.05) is 24.7 Å². The van der Waals surface area contributed by atoms with E-state index in [0.717, 1.165) is 19.3 Å². The maximum atomic E-state index is 12.8. The Morgan fingerprint density at radius 3 is 2.50 bits per heavy atom. The number of hydrogen-bond donors (Lipinski definition) is 2. The molecule has 148 valence electrons. The first-order valence-electron chi connectivity index (χ1n) is 8.96. The third-order valence-electron chi connectivity index (χ3n) is 5.08. The van der Waals surface area contributed by atoms with Crippen LogP contribution >= 0.6 is 12.4 Å². The summed E-state index contributed by atoms with van der Waals surface area (Å²) in [5.74, 6) is 0.0569. The van der Waals surface area contributed by atoms with Crippen molar-refractivity contribution in [2.24, 2.45) is 17.6 Å². The zero-order valence-electron chi connectivity index (χ0n) is 15.7. The molecular formula is C18H30ClN3O3S. The van der Waals surface area contributed by atoms with Gasteiger partial charge >= 0.3 is 0 Å². The number of rotatable bonds is 7. The van der Waals surface area contributed by atoms with Gasteiger partial charge in [0.1, 0.15) is 0 Å². The highest BCUT2D eigenvalue weighted by Crippen LogP contribution is 2.32. The van der Waals surface area contributed by atoms with Crippen molar-refractivity contribution in [3.05, 3.63) is 23.8 Å². The number of carbonyl (C=O) groups excluding carboxylic acids is 1. The Bertz CT molecular complexity index is 720. The lowest BCUT2D eigenvalue weighted by atomic mass is 9.95. The minimum atomic E-state index is -3.56. The lowest BCUT2D eigenvalue weighted by molar-refractivity contribution is -0.120. The molecule has 0 aromatic heterocycles. The molecule has 1 amide bonds. The normalized spacial score (nSPS) is 20.0. The number of aryl methyl sites for hydroxylation is 1. The van der Waals surface area contributed by atoms with Gasteiger partial charge < -0.3 is 11.1 Å². The van der Waals surface area contributed by atoms with Crippen molar-refractivity contribution in [3.63, 3.8) is 0 Å². The molecule has 0 unspecified atom stereocenters. The predicted octanol–water partition coefficient (Wildman–Crippen LogP) is 2.76. The number of nitrogens with zero attached hydrogens (tertiary/aromatic N) is 1. The van der Waals surface area contributed by atoms with Crippen LogP contribution in [0.25, 0.3) is 0 Å². The van der Waals surface area contributed by atoms with Gasteiger partial charge in [-0.2, -0.15) is 4.31 Å². The van der Waals surface area contributed by atoms with Crippen molar-refractivity contribution >= 4 is 34.0 Å². The minimum Gasteiger partial charge on any atom is -0.330 e. The van der Waals surface area contributed by atoms with Crippen LogP contribution in [0.4, 0.5) is 5.69 Å². The van der Waals surface area contributed by atoms with E-state index in [4.69, 9.17) is 5.73 Å². The van der Waals surface area contributed by atoms with Crippen molar-refractivity contribution in [1.82, 2.24) is 4.31 Å². The molecule has 2 rings (SSSR count). The van der Waals surface area contributed by atoms with Crippen LogP contribution in [0.2, 0.25) is 0 Å². The number of halogens is 1. The Labute approximate surface area is 163 Å². The Morgan fingerprint density at radius 1 is 1.27 bits per heavy atom. The van der Waals surface area contributed by atoms with Gasteiger partial charge in [-0.05, 0) is 49.9 Å². The standard InChI is InChI=1S/C18H29N3O3S.ClH/c1-4-21(5-2)25(23,24)17-11-15(10-9-13(17)3)20-18(22)16-8-6-7-14(16)12-19;/h9-11,14,16H,4-8,12,19H2,1-3H3,(H,20,22);1H/t14-,16-;/m1./s1. The van der Waals surface area contributed by atoms with Crippen LogP contribution in [0.3, 0.4) is 0 Å². The highest BCUT2D eigenvalue weighted by atomic mass is 35.5. The first kappa shape index (κ1) is 22.9. The molecular weight excluding hydrogens is 374 g/mol. The summed E-state index contributed by atoms with van der Waals surface area (Å²) < 4.78 is 27.0. The second-order valence-electron chi connectivity index (χ2n) is 6.59. The number of carbonyl (C=O) groups is 1. The number of benzene rings is 1. The number of hydrogen-bond acceptors (Lipinski definition) is 4. The van der Waals surface area contributed by atoms with Crippen LogP contribution in [-0.2, 0) is 14.8 Å². The monoisotopic (exact) mass is 403 g/mol. The maximum Gasteiger partial charge on any atom is 0.243 e. The Morgan fingerprint density at radius 2 is 1.92 bits per heavy atom. The lowest BCUT2D eigenvalue weighted by Gasteiger charge is -2.21. The minimum absolute atomic E-state index is 0. The first-order chi connectivity index (χ1) is 11.8. The van der Waals surface area contributed by atoms with Crippen LogP contribution in [0.5, 0.6) is 0 Å². The molecule has 1 saturated carbocycles. The van der Waals surface area contributed by atoms with Gasteiger partial charge in [0.05, 0.1) is 4.90 Å². The number of amides is 1. The zero-order valence-corrected chi connectivity index (χ0v) is 17.3. The van der Waals surface area contributed by atoms with Gasteiger partial charge in [0.25, 0.3) is 0 Å². The Hall–Kier alpha value is -1.15. The van der Waals surface area contributed by atoms with Gasteiger partial charge in [0.15, 0.2) is 0 Å². The summed E-state index contributed by atoms with van der Waals surface area (Å²) in [6, 6.07) is 5.05. The van der Waals surface area contributed by atoms with Crippen LogP contribution in [-0.4, -0.2) is 38.3 Å². The molecule has 6 nitrogen and oxygen atoms in total. The molecule has 0 spiro atoms. The molecule has 0 heterocycles. The number of anilines is 1. The molecule has 1 aliphatic rings. The molecule has 2 atom stereocenters. The topological polar surface area (TPSA) is 92.5 Å².